The Morgan fingerprint density at radius 2 is 1.92 bits per heavy atom. The Hall–Kier alpha value is -3.03. The second-order valence-electron chi connectivity index (χ2n) is 5.58. The monoisotopic (exact) mass is 345 g/mol. The molecule has 2 N–H and O–H groups in total. The molecule has 1 aromatic heterocycles. The lowest BCUT2D eigenvalue weighted by Gasteiger charge is -2.13. The van der Waals surface area contributed by atoms with Crippen molar-refractivity contribution in [1.29, 1.82) is 0 Å². The van der Waals surface area contributed by atoms with Crippen LogP contribution in [-0.2, 0) is 4.79 Å². The highest BCUT2D eigenvalue weighted by molar-refractivity contribution is 5.95. The third-order valence-corrected chi connectivity index (χ3v) is 3.32. The van der Waals surface area contributed by atoms with E-state index < -0.39 is 5.82 Å². The van der Waals surface area contributed by atoms with Crippen LogP contribution in [0.1, 0.15) is 17.3 Å². The Kier molecular flexibility index (Phi) is 5.99. The number of aromatic nitrogens is 2. The van der Waals surface area contributed by atoms with Crippen molar-refractivity contribution < 1.29 is 14.0 Å². The van der Waals surface area contributed by atoms with Crippen LogP contribution in [0.25, 0.3) is 11.4 Å². The lowest BCUT2D eigenvalue weighted by molar-refractivity contribution is -0.118. The van der Waals surface area contributed by atoms with E-state index in [2.05, 4.69) is 20.6 Å². The van der Waals surface area contributed by atoms with E-state index in [1.807, 2.05) is 0 Å². The zero-order valence-corrected chi connectivity index (χ0v) is 14.3. The van der Waals surface area contributed by atoms with E-state index in [1.54, 1.807) is 43.3 Å². The van der Waals surface area contributed by atoms with E-state index in [-0.39, 0.29) is 17.6 Å². The van der Waals surface area contributed by atoms with Gasteiger partial charge in [0.25, 0.3) is 5.91 Å². The summed E-state index contributed by atoms with van der Waals surface area (Å²) in [6.45, 7) is 2.09. The third-order valence-electron chi connectivity index (χ3n) is 3.32. The highest BCUT2D eigenvalue weighted by Gasteiger charge is 2.12. The van der Waals surface area contributed by atoms with Gasteiger partial charge in [0.1, 0.15) is 0 Å². The van der Waals surface area contributed by atoms with Crippen molar-refractivity contribution in [2.45, 2.75) is 6.92 Å². The SMILES string of the molecule is CC(=O)NCCNC(=O)c1cccc(-c2ncc(F)c(N(C)C)n2)c1. The summed E-state index contributed by atoms with van der Waals surface area (Å²) in [5.41, 5.74) is 1.04. The summed E-state index contributed by atoms with van der Waals surface area (Å²) in [5, 5.41) is 5.31. The first-order valence-corrected chi connectivity index (χ1v) is 7.71. The lowest BCUT2D eigenvalue weighted by Crippen LogP contribution is -2.33. The van der Waals surface area contributed by atoms with Gasteiger partial charge in [-0.05, 0) is 12.1 Å². The van der Waals surface area contributed by atoms with Crippen LogP contribution in [0.4, 0.5) is 10.2 Å². The minimum atomic E-state index is -0.513. The number of nitrogens with one attached hydrogen (secondary N) is 2. The Labute approximate surface area is 145 Å². The molecule has 7 nitrogen and oxygen atoms in total. The number of anilines is 1. The molecule has 2 rings (SSSR count). The van der Waals surface area contributed by atoms with E-state index in [0.717, 1.165) is 6.20 Å². The number of benzene rings is 1. The van der Waals surface area contributed by atoms with Gasteiger partial charge in [-0.3, -0.25) is 9.59 Å². The molecular formula is C17H20FN5O2. The summed E-state index contributed by atoms with van der Waals surface area (Å²) in [6.07, 6.45) is 1.11. The second kappa shape index (κ2) is 8.18. The van der Waals surface area contributed by atoms with Crippen molar-refractivity contribution in [2.75, 3.05) is 32.1 Å². The van der Waals surface area contributed by atoms with Gasteiger partial charge >= 0.3 is 0 Å². The molecule has 8 heteroatoms. The Balaban J connectivity index is 2.14. The molecule has 0 spiro atoms. The predicted octanol–water partition coefficient (Wildman–Crippen LogP) is 1.21. The second-order valence-corrected chi connectivity index (χ2v) is 5.58. The molecule has 1 aromatic carbocycles. The number of nitrogens with zero attached hydrogens (tertiary/aromatic N) is 3. The Morgan fingerprint density at radius 3 is 2.60 bits per heavy atom. The van der Waals surface area contributed by atoms with Gasteiger partial charge < -0.3 is 15.5 Å². The third kappa shape index (κ3) is 4.97. The fourth-order valence-electron chi connectivity index (χ4n) is 2.13. The molecule has 2 amide bonds. The fraction of sp³-hybridized carbons (Fsp3) is 0.294. The number of hydrogen-bond donors (Lipinski definition) is 2. The molecule has 0 saturated carbocycles. The summed E-state index contributed by atoms with van der Waals surface area (Å²) >= 11 is 0. The van der Waals surface area contributed by atoms with Gasteiger partial charge in [0.15, 0.2) is 17.5 Å². The predicted molar refractivity (Wildman–Crippen MR) is 92.8 cm³/mol. The number of amides is 2. The van der Waals surface area contributed by atoms with E-state index in [4.69, 9.17) is 0 Å². The average molecular weight is 345 g/mol. The summed E-state index contributed by atoms with van der Waals surface area (Å²) in [5.74, 6) is -0.433. The molecule has 0 radical (unpaired) electrons. The van der Waals surface area contributed by atoms with Crippen LogP contribution in [0.5, 0.6) is 0 Å². The summed E-state index contributed by atoms with van der Waals surface area (Å²) in [6, 6.07) is 6.76. The van der Waals surface area contributed by atoms with Crippen LogP contribution in [0.2, 0.25) is 0 Å². The zero-order valence-electron chi connectivity index (χ0n) is 14.3. The number of halogens is 1. The van der Waals surface area contributed by atoms with Crippen LogP contribution in [0, 0.1) is 5.82 Å². The molecule has 25 heavy (non-hydrogen) atoms. The number of carbonyl (C=O) groups is 2. The van der Waals surface area contributed by atoms with E-state index in [9.17, 15) is 14.0 Å². The molecule has 0 fully saturated rings. The lowest BCUT2D eigenvalue weighted by atomic mass is 10.1. The van der Waals surface area contributed by atoms with E-state index in [1.165, 1.54) is 6.92 Å². The maximum Gasteiger partial charge on any atom is 0.251 e. The molecule has 0 atom stereocenters. The topological polar surface area (TPSA) is 87.2 Å². The molecular weight excluding hydrogens is 325 g/mol. The molecule has 132 valence electrons. The molecule has 1 heterocycles. The van der Waals surface area contributed by atoms with Crippen molar-refractivity contribution >= 4 is 17.6 Å². The smallest absolute Gasteiger partial charge is 0.251 e. The highest BCUT2D eigenvalue weighted by Crippen LogP contribution is 2.20. The summed E-state index contributed by atoms with van der Waals surface area (Å²) in [7, 11) is 3.38. The van der Waals surface area contributed by atoms with Crippen LogP contribution in [0.3, 0.4) is 0 Å². The summed E-state index contributed by atoms with van der Waals surface area (Å²) in [4.78, 5) is 32.7. The minimum Gasteiger partial charge on any atom is -0.360 e. The van der Waals surface area contributed by atoms with Crippen molar-refractivity contribution in [3.8, 4) is 11.4 Å². The quantitative estimate of drug-likeness (QED) is 0.769. The molecule has 0 aliphatic rings. The number of rotatable bonds is 6. The Morgan fingerprint density at radius 1 is 1.20 bits per heavy atom. The van der Waals surface area contributed by atoms with E-state index in [0.29, 0.717) is 30.0 Å². The summed E-state index contributed by atoms with van der Waals surface area (Å²) < 4.78 is 13.7. The molecule has 0 bridgehead atoms. The van der Waals surface area contributed by atoms with Gasteiger partial charge in [-0.25, -0.2) is 14.4 Å². The zero-order chi connectivity index (χ0) is 18.4. The van der Waals surface area contributed by atoms with Gasteiger partial charge in [0.05, 0.1) is 6.20 Å². The van der Waals surface area contributed by atoms with Crippen LogP contribution < -0.4 is 15.5 Å². The molecule has 0 aliphatic carbocycles. The standard InChI is InChI=1S/C17H20FN5O2/c1-11(24)19-7-8-20-17(25)13-6-4-5-12(9-13)15-21-10-14(18)16(22-15)23(2)3/h4-6,9-10H,7-8H2,1-3H3,(H,19,24)(H,20,25). The first kappa shape index (κ1) is 18.3. The van der Waals surface area contributed by atoms with Crippen LogP contribution >= 0.6 is 0 Å². The highest BCUT2D eigenvalue weighted by atomic mass is 19.1. The number of hydrogen-bond acceptors (Lipinski definition) is 5. The maximum absolute atomic E-state index is 13.7. The van der Waals surface area contributed by atoms with Gasteiger partial charge in [-0.15, -0.1) is 0 Å². The normalized spacial score (nSPS) is 10.2. The van der Waals surface area contributed by atoms with Gasteiger partial charge in [0, 0.05) is 45.2 Å². The van der Waals surface area contributed by atoms with Gasteiger partial charge in [-0.2, -0.15) is 0 Å². The van der Waals surface area contributed by atoms with Crippen molar-refractivity contribution in [3.05, 3.63) is 41.8 Å². The Bertz CT molecular complexity index is 779. The average Bonchev–Trinajstić information content (AvgIpc) is 2.58. The van der Waals surface area contributed by atoms with Crippen molar-refractivity contribution in [2.24, 2.45) is 0 Å². The van der Waals surface area contributed by atoms with Crippen molar-refractivity contribution in [3.63, 3.8) is 0 Å². The molecule has 0 unspecified atom stereocenters. The van der Waals surface area contributed by atoms with Crippen LogP contribution in [-0.4, -0.2) is 49.0 Å². The fourth-order valence-corrected chi connectivity index (χ4v) is 2.13. The maximum atomic E-state index is 13.7. The minimum absolute atomic E-state index is 0.151. The van der Waals surface area contributed by atoms with Crippen LogP contribution in [0.15, 0.2) is 30.5 Å². The molecule has 2 aromatic rings. The van der Waals surface area contributed by atoms with E-state index >= 15 is 0 Å². The van der Waals surface area contributed by atoms with Crippen molar-refractivity contribution in [1.82, 2.24) is 20.6 Å². The first-order chi connectivity index (χ1) is 11.9. The first-order valence-electron chi connectivity index (χ1n) is 7.71. The van der Waals surface area contributed by atoms with Gasteiger partial charge in [0.2, 0.25) is 5.91 Å². The largest absolute Gasteiger partial charge is 0.360 e. The number of carbonyl (C=O) groups excluding carboxylic acids is 2. The van der Waals surface area contributed by atoms with Gasteiger partial charge in [-0.1, -0.05) is 12.1 Å². The molecule has 0 saturated heterocycles. The molecule has 0 aliphatic heterocycles.